The predicted octanol–water partition coefficient (Wildman–Crippen LogP) is 0.624. The highest BCUT2D eigenvalue weighted by atomic mass is 16.5. The predicted molar refractivity (Wildman–Crippen MR) is 61.9 cm³/mol. The van der Waals surface area contributed by atoms with E-state index in [9.17, 15) is 9.59 Å². The highest BCUT2D eigenvalue weighted by molar-refractivity contribution is 5.80. The summed E-state index contributed by atoms with van der Waals surface area (Å²) in [7, 11) is 0. The van der Waals surface area contributed by atoms with Crippen molar-refractivity contribution >= 4 is 12.0 Å². The van der Waals surface area contributed by atoms with Crippen LogP contribution in [-0.2, 0) is 9.53 Å². The van der Waals surface area contributed by atoms with E-state index in [4.69, 9.17) is 9.84 Å². The second kappa shape index (κ2) is 6.44. The van der Waals surface area contributed by atoms with Crippen LogP contribution in [0.1, 0.15) is 20.3 Å². The number of aliphatic carboxylic acids is 1. The van der Waals surface area contributed by atoms with Gasteiger partial charge in [-0.3, -0.25) is 4.79 Å². The van der Waals surface area contributed by atoms with Crippen molar-refractivity contribution in [2.45, 2.75) is 26.3 Å². The summed E-state index contributed by atoms with van der Waals surface area (Å²) in [6, 6.07) is -0.200. The summed E-state index contributed by atoms with van der Waals surface area (Å²) in [5, 5.41) is 8.79. The number of carboxylic acids is 1. The number of carbonyl (C=O) groups is 2. The van der Waals surface area contributed by atoms with Gasteiger partial charge in [0, 0.05) is 13.1 Å². The maximum absolute atomic E-state index is 12.2. The van der Waals surface area contributed by atoms with Crippen molar-refractivity contribution in [2.24, 2.45) is 0 Å². The van der Waals surface area contributed by atoms with Gasteiger partial charge in [0.1, 0.15) is 6.54 Å². The molecule has 0 saturated carbocycles. The number of nitrogens with zero attached hydrogens (tertiary/aromatic N) is 2. The molecule has 98 valence electrons. The third kappa shape index (κ3) is 3.89. The van der Waals surface area contributed by atoms with Crippen molar-refractivity contribution in [2.75, 3.05) is 32.8 Å². The molecule has 2 amide bonds. The molecule has 1 N–H and O–H groups in total. The first-order chi connectivity index (χ1) is 8.06. The molecule has 1 fully saturated rings. The minimum absolute atomic E-state index is 0.00408. The summed E-state index contributed by atoms with van der Waals surface area (Å²) in [4.78, 5) is 25.9. The first-order valence-corrected chi connectivity index (χ1v) is 5.91. The van der Waals surface area contributed by atoms with Gasteiger partial charge in [0.15, 0.2) is 0 Å². The molecule has 1 atom stereocenters. The molecule has 0 aromatic carbocycles. The van der Waals surface area contributed by atoms with Crippen LogP contribution in [0.25, 0.3) is 0 Å². The number of hydrogen-bond acceptors (Lipinski definition) is 3. The molecule has 0 aliphatic carbocycles. The lowest BCUT2D eigenvalue weighted by Gasteiger charge is -2.36. The molecule has 0 bridgehead atoms. The molecule has 0 aromatic rings. The van der Waals surface area contributed by atoms with Gasteiger partial charge in [-0.25, -0.2) is 4.79 Å². The SMILES string of the molecule is CCCN(CC(=O)O)C(=O)N1CCOCC1C. The maximum Gasteiger partial charge on any atom is 0.323 e. The van der Waals surface area contributed by atoms with Crippen molar-refractivity contribution in [3.8, 4) is 0 Å². The van der Waals surface area contributed by atoms with E-state index in [2.05, 4.69) is 0 Å². The Morgan fingerprint density at radius 1 is 1.53 bits per heavy atom. The van der Waals surface area contributed by atoms with E-state index in [0.29, 0.717) is 26.3 Å². The fraction of sp³-hybridized carbons (Fsp3) is 0.818. The van der Waals surface area contributed by atoms with E-state index in [-0.39, 0.29) is 18.6 Å². The van der Waals surface area contributed by atoms with Crippen molar-refractivity contribution in [1.82, 2.24) is 9.80 Å². The van der Waals surface area contributed by atoms with Crippen LogP contribution in [0, 0.1) is 0 Å². The van der Waals surface area contributed by atoms with Gasteiger partial charge in [-0.15, -0.1) is 0 Å². The number of carbonyl (C=O) groups excluding carboxylic acids is 1. The van der Waals surface area contributed by atoms with Crippen LogP contribution in [0.3, 0.4) is 0 Å². The average molecular weight is 244 g/mol. The van der Waals surface area contributed by atoms with Crippen LogP contribution < -0.4 is 0 Å². The zero-order chi connectivity index (χ0) is 12.8. The molecule has 0 spiro atoms. The van der Waals surface area contributed by atoms with E-state index >= 15 is 0 Å². The highest BCUT2D eigenvalue weighted by Gasteiger charge is 2.28. The Labute approximate surface area is 101 Å². The Hall–Kier alpha value is -1.30. The molecule has 6 nitrogen and oxygen atoms in total. The first-order valence-electron chi connectivity index (χ1n) is 5.91. The number of carboxylic acid groups (broad SMARTS) is 1. The second-order valence-corrected chi connectivity index (χ2v) is 4.22. The second-order valence-electron chi connectivity index (χ2n) is 4.22. The van der Waals surface area contributed by atoms with E-state index in [1.807, 2.05) is 13.8 Å². The van der Waals surface area contributed by atoms with Gasteiger partial charge in [-0.2, -0.15) is 0 Å². The topological polar surface area (TPSA) is 70.1 Å². The van der Waals surface area contributed by atoms with Crippen molar-refractivity contribution in [3.05, 3.63) is 0 Å². The van der Waals surface area contributed by atoms with Crippen LogP contribution in [0.2, 0.25) is 0 Å². The molecule has 1 aliphatic rings. The smallest absolute Gasteiger partial charge is 0.323 e. The van der Waals surface area contributed by atoms with E-state index < -0.39 is 5.97 Å². The van der Waals surface area contributed by atoms with Crippen LogP contribution in [0.4, 0.5) is 4.79 Å². The summed E-state index contributed by atoms with van der Waals surface area (Å²) in [6.45, 7) is 5.61. The fourth-order valence-electron chi connectivity index (χ4n) is 1.87. The zero-order valence-corrected chi connectivity index (χ0v) is 10.4. The molecule has 1 rings (SSSR count). The molecule has 0 radical (unpaired) electrons. The third-order valence-electron chi connectivity index (χ3n) is 2.70. The minimum atomic E-state index is -0.979. The number of urea groups is 1. The molecule has 1 heterocycles. The Balaban J connectivity index is 2.64. The van der Waals surface area contributed by atoms with Crippen molar-refractivity contribution in [3.63, 3.8) is 0 Å². The Bertz CT molecular complexity index is 283. The minimum Gasteiger partial charge on any atom is -0.480 e. The molecule has 1 aliphatic heterocycles. The van der Waals surface area contributed by atoms with Gasteiger partial charge in [-0.05, 0) is 13.3 Å². The number of morpholine rings is 1. The molecule has 1 unspecified atom stereocenters. The van der Waals surface area contributed by atoms with Crippen LogP contribution >= 0.6 is 0 Å². The largest absolute Gasteiger partial charge is 0.480 e. The van der Waals surface area contributed by atoms with Gasteiger partial charge < -0.3 is 19.6 Å². The number of rotatable bonds is 4. The average Bonchev–Trinajstić information content (AvgIpc) is 2.28. The lowest BCUT2D eigenvalue weighted by atomic mass is 10.2. The number of hydrogen-bond donors (Lipinski definition) is 1. The van der Waals surface area contributed by atoms with E-state index in [1.165, 1.54) is 4.90 Å². The summed E-state index contributed by atoms with van der Waals surface area (Å²) < 4.78 is 5.25. The van der Waals surface area contributed by atoms with Crippen LogP contribution in [0.15, 0.2) is 0 Å². The van der Waals surface area contributed by atoms with E-state index in [0.717, 1.165) is 6.42 Å². The van der Waals surface area contributed by atoms with Crippen molar-refractivity contribution < 1.29 is 19.4 Å². The highest BCUT2D eigenvalue weighted by Crippen LogP contribution is 2.10. The standard InChI is InChI=1S/C11H20N2O4/c1-3-4-12(7-10(14)15)11(16)13-5-6-17-8-9(13)2/h9H,3-8H2,1-2H3,(H,14,15). The van der Waals surface area contributed by atoms with Crippen LogP contribution in [0.5, 0.6) is 0 Å². The van der Waals surface area contributed by atoms with E-state index in [1.54, 1.807) is 4.90 Å². The fourth-order valence-corrected chi connectivity index (χ4v) is 1.87. The quantitative estimate of drug-likeness (QED) is 0.787. The summed E-state index contributed by atoms with van der Waals surface area (Å²) in [5.41, 5.74) is 0. The molecule has 1 saturated heterocycles. The third-order valence-corrected chi connectivity index (χ3v) is 2.70. The molecule has 0 aromatic heterocycles. The lowest BCUT2D eigenvalue weighted by Crippen LogP contribution is -2.53. The van der Waals surface area contributed by atoms with Crippen molar-refractivity contribution in [1.29, 1.82) is 0 Å². The molecule has 17 heavy (non-hydrogen) atoms. The normalized spacial score (nSPS) is 20.1. The van der Waals surface area contributed by atoms with Gasteiger partial charge >= 0.3 is 12.0 Å². The number of ether oxygens (including phenoxy) is 1. The summed E-state index contributed by atoms with van der Waals surface area (Å²) in [5.74, 6) is -0.979. The van der Waals surface area contributed by atoms with Gasteiger partial charge in [0.2, 0.25) is 0 Å². The summed E-state index contributed by atoms with van der Waals surface area (Å²) >= 11 is 0. The maximum atomic E-state index is 12.2. The molecular formula is C11H20N2O4. The Morgan fingerprint density at radius 2 is 2.24 bits per heavy atom. The lowest BCUT2D eigenvalue weighted by molar-refractivity contribution is -0.137. The van der Waals surface area contributed by atoms with Gasteiger partial charge in [0.25, 0.3) is 0 Å². The Morgan fingerprint density at radius 3 is 2.76 bits per heavy atom. The molecular weight excluding hydrogens is 224 g/mol. The first kappa shape index (κ1) is 13.8. The summed E-state index contributed by atoms with van der Waals surface area (Å²) in [6.07, 6.45) is 0.748. The molecule has 6 heteroatoms. The van der Waals surface area contributed by atoms with Crippen LogP contribution in [-0.4, -0.2) is 65.8 Å². The monoisotopic (exact) mass is 244 g/mol. The Kier molecular flexibility index (Phi) is 5.21. The number of amides is 2. The zero-order valence-electron chi connectivity index (χ0n) is 10.4. The van der Waals surface area contributed by atoms with Gasteiger partial charge in [0.05, 0.1) is 19.3 Å². The van der Waals surface area contributed by atoms with Gasteiger partial charge in [-0.1, -0.05) is 6.92 Å².